The minimum atomic E-state index is -4.51. The van der Waals surface area contributed by atoms with Gasteiger partial charge in [-0.3, -0.25) is 0 Å². The summed E-state index contributed by atoms with van der Waals surface area (Å²) in [6.07, 6.45) is -3.84. The van der Waals surface area contributed by atoms with Crippen molar-refractivity contribution < 1.29 is 27.4 Å². The lowest BCUT2D eigenvalue weighted by atomic mass is 10.3. The molecule has 0 N–H and O–H groups in total. The number of hydrogen-bond acceptors (Lipinski definition) is 4. The van der Waals surface area contributed by atoms with E-state index in [9.17, 15) is 13.2 Å². The highest BCUT2D eigenvalue weighted by molar-refractivity contribution is 6.31. The topological polar surface area (TPSA) is 40.6 Å². The number of alkyl halides is 3. The van der Waals surface area contributed by atoms with Crippen LogP contribution in [-0.2, 0) is 10.9 Å². The van der Waals surface area contributed by atoms with E-state index in [0.717, 1.165) is 6.07 Å². The molecule has 1 aromatic heterocycles. The molecule has 124 valence electrons. The van der Waals surface area contributed by atoms with Gasteiger partial charge in [0.15, 0.2) is 0 Å². The van der Waals surface area contributed by atoms with Gasteiger partial charge in [0.05, 0.1) is 12.2 Å². The van der Waals surface area contributed by atoms with Crippen LogP contribution in [0.5, 0.6) is 17.4 Å². The quantitative estimate of drug-likeness (QED) is 0.718. The van der Waals surface area contributed by atoms with Gasteiger partial charge in [-0.15, -0.1) is 0 Å². The SMILES string of the molecule is COCCOc1cccc(Oc2ncc(C(F)(F)F)cc2Cl)c1. The number of nitrogens with zero attached hydrogens (tertiary/aromatic N) is 1. The number of benzene rings is 1. The second-order valence-corrected chi connectivity index (χ2v) is 4.83. The van der Waals surface area contributed by atoms with Crippen LogP contribution in [-0.4, -0.2) is 25.3 Å². The molecule has 0 aliphatic rings. The summed E-state index contributed by atoms with van der Waals surface area (Å²) in [7, 11) is 1.56. The normalized spacial score (nSPS) is 11.3. The summed E-state index contributed by atoms with van der Waals surface area (Å²) in [5.41, 5.74) is -0.938. The first-order valence-electron chi connectivity index (χ1n) is 6.52. The summed E-state index contributed by atoms with van der Waals surface area (Å²) < 4.78 is 53.4. The molecular weight excluding hydrogens is 335 g/mol. The van der Waals surface area contributed by atoms with E-state index in [0.29, 0.717) is 30.9 Å². The monoisotopic (exact) mass is 347 g/mol. The summed E-state index contributed by atoms with van der Waals surface area (Å²) in [5, 5.41) is -0.231. The van der Waals surface area contributed by atoms with Crippen LogP contribution in [0.15, 0.2) is 36.5 Å². The molecule has 0 unspecified atom stereocenters. The van der Waals surface area contributed by atoms with Gasteiger partial charge in [0, 0.05) is 19.4 Å². The van der Waals surface area contributed by atoms with Crippen LogP contribution in [0.1, 0.15) is 5.56 Å². The molecule has 8 heteroatoms. The van der Waals surface area contributed by atoms with Gasteiger partial charge in [0.25, 0.3) is 0 Å². The smallest absolute Gasteiger partial charge is 0.417 e. The fraction of sp³-hybridized carbons (Fsp3) is 0.267. The van der Waals surface area contributed by atoms with Crippen LogP contribution in [0.2, 0.25) is 5.02 Å². The van der Waals surface area contributed by atoms with Gasteiger partial charge in [-0.1, -0.05) is 17.7 Å². The number of aromatic nitrogens is 1. The minimum absolute atomic E-state index is 0.117. The molecule has 0 fully saturated rings. The number of ether oxygens (including phenoxy) is 3. The molecule has 0 atom stereocenters. The first-order valence-corrected chi connectivity index (χ1v) is 6.90. The van der Waals surface area contributed by atoms with E-state index in [-0.39, 0.29) is 10.9 Å². The summed E-state index contributed by atoms with van der Waals surface area (Å²) in [6.45, 7) is 0.788. The Balaban J connectivity index is 2.11. The van der Waals surface area contributed by atoms with E-state index >= 15 is 0 Å². The Kier molecular flexibility index (Phi) is 5.68. The van der Waals surface area contributed by atoms with Crippen LogP contribution < -0.4 is 9.47 Å². The lowest BCUT2D eigenvalue weighted by molar-refractivity contribution is -0.137. The van der Waals surface area contributed by atoms with Crippen LogP contribution in [0, 0.1) is 0 Å². The molecule has 0 saturated heterocycles. The van der Waals surface area contributed by atoms with Crippen molar-refractivity contribution in [1.82, 2.24) is 4.98 Å². The molecule has 0 bridgehead atoms. The lowest BCUT2D eigenvalue weighted by Crippen LogP contribution is -2.06. The van der Waals surface area contributed by atoms with Crippen LogP contribution in [0.3, 0.4) is 0 Å². The minimum Gasteiger partial charge on any atom is -0.491 e. The van der Waals surface area contributed by atoms with Gasteiger partial charge < -0.3 is 14.2 Å². The maximum absolute atomic E-state index is 12.6. The van der Waals surface area contributed by atoms with Gasteiger partial charge in [-0.25, -0.2) is 4.98 Å². The fourth-order valence-electron chi connectivity index (χ4n) is 1.64. The van der Waals surface area contributed by atoms with Gasteiger partial charge in [0.1, 0.15) is 23.1 Å². The number of methoxy groups -OCH3 is 1. The van der Waals surface area contributed by atoms with Crippen molar-refractivity contribution in [2.24, 2.45) is 0 Å². The number of rotatable bonds is 6. The van der Waals surface area contributed by atoms with Crippen molar-refractivity contribution in [3.05, 3.63) is 47.1 Å². The molecular formula is C15H13ClF3NO3. The summed E-state index contributed by atoms with van der Waals surface area (Å²) >= 11 is 5.79. The third kappa shape index (κ3) is 5.01. The van der Waals surface area contributed by atoms with E-state index in [1.165, 1.54) is 0 Å². The predicted molar refractivity (Wildman–Crippen MR) is 78.1 cm³/mol. The van der Waals surface area contributed by atoms with Gasteiger partial charge in [-0.2, -0.15) is 13.2 Å². The molecule has 1 heterocycles. The first kappa shape index (κ1) is 17.4. The molecule has 23 heavy (non-hydrogen) atoms. The second kappa shape index (κ2) is 7.52. The Labute approximate surface area is 135 Å². The maximum Gasteiger partial charge on any atom is 0.417 e. The Morgan fingerprint density at radius 2 is 1.87 bits per heavy atom. The van der Waals surface area contributed by atoms with E-state index in [1.54, 1.807) is 31.4 Å². The van der Waals surface area contributed by atoms with Gasteiger partial charge in [-0.05, 0) is 18.2 Å². The van der Waals surface area contributed by atoms with Crippen LogP contribution in [0.4, 0.5) is 13.2 Å². The van der Waals surface area contributed by atoms with E-state index in [4.69, 9.17) is 25.8 Å². The molecule has 2 aromatic rings. The van der Waals surface area contributed by atoms with Crippen molar-refractivity contribution >= 4 is 11.6 Å². The summed E-state index contributed by atoms with van der Waals surface area (Å²) in [4.78, 5) is 3.61. The Hall–Kier alpha value is -1.99. The average Bonchev–Trinajstić information content (AvgIpc) is 2.49. The second-order valence-electron chi connectivity index (χ2n) is 4.43. The molecule has 4 nitrogen and oxygen atoms in total. The highest BCUT2D eigenvalue weighted by Crippen LogP contribution is 2.35. The average molecular weight is 348 g/mol. The van der Waals surface area contributed by atoms with E-state index in [2.05, 4.69) is 4.98 Å². The third-order valence-electron chi connectivity index (χ3n) is 2.71. The predicted octanol–water partition coefficient (Wildman–Crippen LogP) is 4.57. The van der Waals surface area contributed by atoms with Crippen LogP contribution in [0.25, 0.3) is 0 Å². The number of halogens is 4. The zero-order valence-electron chi connectivity index (χ0n) is 12.1. The fourth-order valence-corrected chi connectivity index (χ4v) is 1.84. The summed E-state index contributed by atoms with van der Waals surface area (Å²) in [6, 6.07) is 7.34. The van der Waals surface area contributed by atoms with E-state index in [1.807, 2.05) is 0 Å². The molecule has 0 spiro atoms. The number of pyridine rings is 1. The van der Waals surface area contributed by atoms with Crippen molar-refractivity contribution in [2.75, 3.05) is 20.3 Å². The lowest BCUT2D eigenvalue weighted by Gasteiger charge is -2.11. The molecule has 0 amide bonds. The third-order valence-corrected chi connectivity index (χ3v) is 2.98. The molecule has 2 rings (SSSR count). The zero-order valence-corrected chi connectivity index (χ0v) is 12.8. The largest absolute Gasteiger partial charge is 0.491 e. The highest BCUT2D eigenvalue weighted by Gasteiger charge is 2.31. The molecule has 0 saturated carbocycles. The number of hydrogen-bond donors (Lipinski definition) is 0. The van der Waals surface area contributed by atoms with Crippen molar-refractivity contribution in [3.63, 3.8) is 0 Å². The zero-order chi connectivity index (χ0) is 16.9. The van der Waals surface area contributed by atoms with Gasteiger partial charge in [0.2, 0.25) is 5.88 Å². The Morgan fingerprint density at radius 1 is 1.13 bits per heavy atom. The first-order chi connectivity index (χ1) is 10.9. The molecule has 0 aliphatic carbocycles. The standard InChI is InChI=1S/C15H13ClF3NO3/c1-21-5-6-22-11-3-2-4-12(8-11)23-14-13(16)7-10(9-20-14)15(17,18)19/h2-4,7-9H,5-6H2,1H3. The van der Waals surface area contributed by atoms with Gasteiger partial charge >= 0.3 is 6.18 Å². The highest BCUT2D eigenvalue weighted by atomic mass is 35.5. The Morgan fingerprint density at radius 3 is 2.52 bits per heavy atom. The van der Waals surface area contributed by atoms with Crippen molar-refractivity contribution in [1.29, 1.82) is 0 Å². The van der Waals surface area contributed by atoms with E-state index < -0.39 is 11.7 Å². The van der Waals surface area contributed by atoms with Crippen molar-refractivity contribution in [2.45, 2.75) is 6.18 Å². The molecule has 0 aliphatic heterocycles. The Bertz CT molecular complexity index is 665. The van der Waals surface area contributed by atoms with Crippen LogP contribution >= 0.6 is 11.6 Å². The molecule has 0 radical (unpaired) electrons. The maximum atomic E-state index is 12.6. The summed E-state index contributed by atoms with van der Waals surface area (Å²) in [5.74, 6) is 0.755. The molecule has 1 aromatic carbocycles. The van der Waals surface area contributed by atoms with Crippen molar-refractivity contribution in [3.8, 4) is 17.4 Å².